The smallest absolute Gasteiger partial charge is 0.271 e. The van der Waals surface area contributed by atoms with Crippen molar-refractivity contribution in [1.29, 1.82) is 0 Å². The second-order valence-electron chi connectivity index (χ2n) is 7.95. The quantitative estimate of drug-likeness (QED) is 0.703. The maximum atomic E-state index is 13.3. The van der Waals surface area contributed by atoms with Crippen LogP contribution in [-0.2, 0) is 14.8 Å². The zero-order valence-electron chi connectivity index (χ0n) is 18.2. The minimum Gasteiger partial charge on any atom is -0.273 e. The van der Waals surface area contributed by atoms with E-state index in [-0.39, 0.29) is 24.9 Å². The number of carbonyl (C=O) groups is 2. The number of aromatic nitrogens is 1. The molecule has 2 N–H and O–H groups in total. The number of carbonyl (C=O) groups excluding carboxylic acids is 2. The standard InChI is InChI=1S/C22H28N4O4S/c1-14-12-15(2)17(4)20(16(14)3)31(29,30)26-10-7-18(8-11-26)21(27)24-25-22(28)19-6-5-9-23-13-19/h5-6,9,12-13,18H,7-8,10-11H2,1-4H3,(H,24,27)(H,25,28). The molecule has 0 radical (unpaired) electrons. The molecule has 1 aromatic carbocycles. The summed E-state index contributed by atoms with van der Waals surface area (Å²) in [5.41, 5.74) is 8.57. The molecule has 166 valence electrons. The Balaban J connectivity index is 1.63. The summed E-state index contributed by atoms with van der Waals surface area (Å²) >= 11 is 0. The van der Waals surface area contributed by atoms with Gasteiger partial charge in [0.05, 0.1) is 10.5 Å². The van der Waals surface area contributed by atoms with Crippen molar-refractivity contribution in [3.8, 4) is 0 Å². The molecular weight excluding hydrogens is 416 g/mol. The van der Waals surface area contributed by atoms with Gasteiger partial charge in [0.2, 0.25) is 15.9 Å². The Morgan fingerprint density at radius 1 is 1.03 bits per heavy atom. The normalized spacial score (nSPS) is 15.5. The molecule has 0 unspecified atom stereocenters. The van der Waals surface area contributed by atoms with Crippen molar-refractivity contribution in [1.82, 2.24) is 20.1 Å². The maximum absolute atomic E-state index is 13.3. The van der Waals surface area contributed by atoms with E-state index in [2.05, 4.69) is 15.8 Å². The number of nitrogens with one attached hydrogen (secondary N) is 2. The first kappa shape index (κ1) is 22.9. The Hall–Kier alpha value is -2.78. The number of amides is 2. The molecule has 2 amide bonds. The van der Waals surface area contributed by atoms with Crippen molar-refractivity contribution < 1.29 is 18.0 Å². The second kappa shape index (κ2) is 9.15. The largest absolute Gasteiger partial charge is 0.273 e. The highest BCUT2D eigenvalue weighted by Crippen LogP contribution is 2.31. The summed E-state index contributed by atoms with van der Waals surface area (Å²) in [7, 11) is -3.65. The number of benzene rings is 1. The summed E-state index contributed by atoms with van der Waals surface area (Å²) in [4.78, 5) is 28.7. The monoisotopic (exact) mass is 444 g/mol. The van der Waals surface area contributed by atoms with Crippen LogP contribution in [-0.4, -0.2) is 42.6 Å². The molecule has 9 heteroatoms. The summed E-state index contributed by atoms with van der Waals surface area (Å²) in [6, 6.07) is 5.22. The van der Waals surface area contributed by atoms with Gasteiger partial charge in [0, 0.05) is 31.4 Å². The van der Waals surface area contributed by atoms with Gasteiger partial charge in [-0.15, -0.1) is 0 Å². The maximum Gasteiger partial charge on any atom is 0.271 e. The zero-order valence-corrected chi connectivity index (χ0v) is 19.0. The SMILES string of the molecule is Cc1cc(C)c(C)c(S(=O)(=O)N2CCC(C(=O)NNC(=O)c3cccnc3)CC2)c1C. The van der Waals surface area contributed by atoms with Crippen LogP contribution in [0.3, 0.4) is 0 Å². The molecule has 3 rings (SSSR count). The number of rotatable bonds is 4. The zero-order chi connectivity index (χ0) is 22.8. The summed E-state index contributed by atoms with van der Waals surface area (Å²) in [6.45, 7) is 8.00. The lowest BCUT2D eigenvalue weighted by molar-refractivity contribution is -0.126. The van der Waals surface area contributed by atoms with Gasteiger partial charge in [0.25, 0.3) is 5.91 Å². The minimum absolute atomic E-state index is 0.253. The molecule has 1 aromatic heterocycles. The van der Waals surface area contributed by atoms with E-state index in [0.29, 0.717) is 23.3 Å². The van der Waals surface area contributed by atoms with Crippen LogP contribution in [0.1, 0.15) is 45.5 Å². The van der Waals surface area contributed by atoms with E-state index < -0.39 is 15.9 Å². The molecule has 0 bridgehead atoms. The van der Waals surface area contributed by atoms with Crippen LogP contribution < -0.4 is 10.9 Å². The van der Waals surface area contributed by atoms with Crippen molar-refractivity contribution in [3.63, 3.8) is 0 Å². The number of hydrogen-bond acceptors (Lipinski definition) is 5. The molecule has 0 atom stereocenters. The van der Waals surface area contributed by atoms with Gasteiger partial charge in [-0.3, -0.25) is 25.4 Å². The Bertz CT molecular complexity index is 1070. The van der Waals surface area contributed by atoms with E-state index in [1.54, 1.807) is 18.3 Å². The molecule has 0 aliphatic carbocycles. The molecule has 2 heterocycles. The topological polar surface area (TPSA) is 108 Å². The summed E-state index contributed by atoms with van der Waals surface area (Å²) in [6.07, 6.45) is 3.73. The number of sulfonamides is 1. The number of nitrogens with zero attached hydrogens (tertiary/aromatic N) is 2. The molecular formula is C22H28N4O4S. The van der Waals surface area contributed by atoms with E-state index in [1.807, 2.05) is 33.8 Å². The molecule has 2 aromatic rings. The first-order valence-corrected chi connectivity index (χ1v) is 11.6. The van der Waals surface area contributed by atoms with Crippen LogP contribution in [0.5, 0.6) is 0 Å². The van der Waals surface area contributed by atoms with Gasteiger partial charge in [0.1, 0.15) is 0 Å². The highest BCUT2D eigenvalue weighted by Gasteiger charge is 2.34. The molecule has 1 aliphatic rings. The lowest BCUT2D eigenvalue weighted by Gasteiger charge is -2.31. The molecule has 0 saturated carbocycles. The van der Waals surface area contributed by atoms with Gasteiger partial charge in [-0.2, -0.15) is 4.31 Å². The minimum atomic E-state index is -3.65. The number of piperidine rings is 1. The lowest BCUT2D eigenvalue weighted by atomic mass is 9.98. The van der Waals surface area contributed by atoms with Crippen molar-refractivity contribution in [2.75, 3.05) is 13.1 Å². The number of hydrogen-bond donors (Lipinski definition) is 2. The Morgan fingerprint density at radius 3 is 2.19 bits per heavy atom. The van der Waals surface area contributed by atoms with Gasteiger partial charge in [-0.05, 0) is 74.9 Å². The van der Waals surface area contributed by atoms with Gasteiger partial charge < -0.3 is 0 Å². The third-order valence-electron chi connectivity index (χ3n) is 5.94. The van der Waals surface area contributed by atoms with Gasteiger partial charge >= 0.3 is 0 Å². The molecule has 8 nitrogen and oxygen atoms in total. The van der Waals surface area contributed by atoms with Crippen LogP contribution in [0.2, 0.25) is 0 Å². The van der Waals surface area contributed by atoms with Crippen molar-refractivity contribution in [2.24, 2.45) is 5.92 Å². The predicted octanol–water partition coefficient (Wildman–Crippen LogP) is 2.18. The second-order valence-corrected chi connectivity index (χ2v) is 9.83. The van der Waals surface area contributed by atoms with Gasteiger partial charge in [0.15, 0.2) is 0 Å². The van der Waals surface area contributed by atoms with E-state index in [9.17, 15) is 18.0 Å². The third-order valence-corrected chi connectivity index (χ3v) is 8.12. The predicted molar refractivity (Wildman–Crippen MR) is 117 cm³/mol. The van der Waals surface area contributed by atoms with Crippen molar-refractivity contribution >= 4 is 21.8 Å². The fourth-order valence-corrected chi connectivity index (χ4v) is 5.89. The van der Waals surface area contributed by atoms with Crippen molar-refractivity contribution in [2.45, 2.75) is 45.4 Å². The highest BCUT2D eigenvalue weighted by atomic mass is 32.2. The number of pyridine rings is 1. The Kier molecular flexibility index (Phi) is 6.76. The van der Waals surface area contributed by atoms with Gasteiger partial charge in [-0.1, -0.05) is 6.07 Å². The van der Waals surface area contributed by atoms with E-state index in [0.717, 1.165) is 22.3 Å². The number of aryl methyl sites for hydroxylation is 2. The molecule has 1 aliphatic heterocycles. The van der Waals surface area contributed by atoms with Gasteiger partial charge in [-0.25, -0.2) is 8.42 Å². The summed E-state index contributed by atoms with van der Waals surface area (Å²) in [5.74, 6) is -1.16. The molecule has 1 saturated heterocycles. The number of hydrazine groups is 1. The Labute approximate surface area is 183 Å². The molecule has 31 heavy (non-hydrogen) atoms. The Morgan fingerprint density at radius 2 is 1.65 bits per heavy atom. The third kappa shape index (κ3) is 4.77. The first-order chi connectivity index (χ1) is 14.6. The average molecular weight is 445 g/mol. The van der Waals surface area contributed by atoms with Crippen molar-refractivity contribution in [3.05, 3.63) is 58.4 Å². The highest BCUT2D eigenvalue weighted by molar-refractivity contribution is 7.89. The van der Waals surface area contributed by atoms with Crippen LogP contribution >= 0.6 is 0 Å². The van der Waals surface area contributed by atoms with Crippen LogP contribution in [0, 0.1) is 33.6 Å². The van der Waals surface area contributed by atoms with E-state index in [4.69, 9.17) is 0 Å². The summed E-state index contributed by atoms with van der Waals surface area (Å²) < 4.78 is 28.1. The lowest BCUT2D eigenvalue weighted by Crippen LogP contribution is -2.48. The average Bonchev–Trinajstić information content (AvgIpc) is 2.76. The fraction of sp³-hybridized carbons (Fsp3) is 0.409. The van der Waals surface area contributed by atoms with Crippen LogP contribution in [0.15, 0.2) is 35.5 Å². The van der Waals surface area contributed by atoms with E-state index >= 15 is 0 Å². The summed E-state index contributed by atoms with van der Waals surface area (Å²) in [5, 5.41) is 0. The molecule has 1 fully saturated rings. The molecule has 0 spiro atoms. The first-order valence-electron chi connectivity index (χ1n) is 10.2. The van der Waals surface area contributed by atoms with E-state index in [1.165, 1.54) is 10.5 Å². The van der Waals surface area contributed by atoms with Crippen LogP contribution in [0.4, 0.5) is 0 Å². The van der Waals surface area contributed by atoms with Crippen LogP contribution in [0.25, 0.3) is 0 Å². The fourth-order valence-electron chi connectivity index (χ4n) is 3.84.